The summed E-state index contributed by atoms with van der Waals surface area (Å²) in [6.07, 6.45) is 3.59. The molecule has 2 heterocycles. The molecule has 1 fully saturated rings. The first-order chi connectivity index (χ1) is 12.5. The van der Waals surface area contributed by atoms with Crippen molar-refractivity contribution < 1.29 is 8.42 Å². The van der Waals surface area contributed by atoms with Crippen LogP contribution in [0.5, 0.6) is 0 Å². The van der Waals surface area contributed by atoms with Gasteiger partial charge in [0.1, 0.15) is 0 Å². The molecule has 0 bridgehead atoms. The van der Waals surface area contributed by atoms with E-state index in [2.05, 4.69) is 17.1 Å². The Kier molecular flexibility index (Phi) is 6.11. The third kappa shape index (κ3) is 4.52. The molecule has 0 saturated carbocycles. The van der Waals surface area contributed by atoms with Gasteiger partial charge in [-0.1, -0.05) is 37.3 Å². The minimum absolute atomic E-state index is 0.438. The van der Waals surface area contributed by atoms with E-state index in [4.69, 9.17) is 0 Å². The molecule has 1 aliphatic rings. The molecule has 26 heavy (non-hydrogen) atoms. The summed E-state index contributed by atoms with van der Waals surface area (Å²) in [6, 6.07) is 12.1. The normalized spacial score (nSPS) is 19.1. The number of H-pyrrole nitrogens is 1. The molecule has 6 nitrogen and oxygen atoms in total. The SMILES string of the molecule is CC1CCCN(S(=O)(=O)N(C)CCCc2cc(-c3ccccc3)n[nH]2)C1. The van der Waals surface area contributed by atoms with Crippen LogP contribution in [-0.2, 0) is 16.6 Å². The van der Waals surface area contributed by atoms with E-state index in [1.165, 1.54) is 4.31 Å². The van der Waals surface area contributed by atoms with Crippen LogP contribution in [0.15, 0.2) is 36.4 Å². The predicted molar refractivity (Wildman–Crippen MR) is 104 cm³/mol. The molecule has 1 unspecified atom stereocenters. The first kappa shape index (κ1) is 19.1. The molecule has 1 saturated heterocycles. The van der Waals surface area contributed by atoms with Crippen molar-refractivity contribution >= 4 is 10.2 Å². The third-order valence-electron chi connectivity index (χ3n) is 4.96. The fraction of sp³-hybridized carbons (Fsp3) is 0.526. The number of hydrogen-bond acceptors (Lipinski definition) is 3. The molecule has 7 heteroatoms. The van der Waals surface area contributed by atoms with Crippen molar-refractivity contribution in [2.75, 3.05) is 26.7 Å². The lowest BCUT2D eigenvalue weighted by Crippen LogP contribution is -2.46. The molecule has 1 atom stereocenters. The molecule has 1 aromatic heterocycles. The Morgan fingerprint density at radius 3 is 2.81 bits per heavy atom. The summed E-state index contributed by atoms with van der Waals surface area (Å²) in [5.74, 6) is 0.438. The zero-order valence-electron chi connectivity index (χ0n) is 15.6. The molecule has 0 aliphatic carbocycles. The Labute approximate surface area is 156 Å². The average Bonchev–Trinajstić information content (AvgIpc) is 3.11. The largest absolute Gasteiger partial charge is 0.282 e. The molecule has 0 radical (unpaired) electrons. The van der Waals surface area contributed by atoms with Crippen molar-refractivity contribution in [3.05, 3.63) is 42.1 Å². The summed E-state index contributed by atoms with van der Waals surface area (Å²) in [6.45, 7) is 3.89. The molecular weight excluding hydrogens is 348 g/mol. The highest BCUT2D eigenvalue weighted by atomic mass is 32.2. The Morgan fingerprint density at radius 1 is 1.31 bits per heavy atom. The van der Waals surface area contributed by atoms with Crippen LogP contribution in [0.4, 0.5) is 0 Å². The maximum Gasteiger partial charge on any atom is 0.281 e. The number of rotatable bonds is 7. The fourth-order valence-corrected chi connectivity index (χ4v) is 4.96. The van der Waals surface area contributed by atoms with Crippen LogP contribution in [0.1, 0.15) is 31.9 Å². The molecule has 3 rings (SSSR count). The molecule has 1 aliphatic heterocycles. The standard InChI is InChI=1S/C19H28N4O2S/c1-16-8-6-13-23(15-16)26(24,25)22(2)12-7-11-18-14-19(21-20-18)17-9-4-3-5-10-17/h3-5,9-10,14,16H,6-8,11-13,15H2,1-2H3,(H,20,21). The summed E-state index contributed by atoms with van der Waals surface area (Å²) >= 11 is 0. The quantitative estimate of drug-likeness (QED) is 0.808. The van der Waals surface area contributed by atoms with Gasteiger partial charge in [-0.15, -0.1) is 0 Å². The Bertz CT molecular complexity index is 804. The number of nitrogens with one attached hydrogen (secondary N) is 1. The van der Waals surface area contributed by atoms with Gasteiger partial charge in [0.25, 0.3) is 10.2 Å². The van der Waals surface area contributed by atoms with Crippen LogP contribution >= 0.6 is 0 Å². The lowest BCUT2D eigenvalue weighted by molar-refractivity contribution is 0.263. The first-order valence-electron chi connectivity index (χ1n) is 9.28. The van der Waals surface area contributed by atoms with Gasteiger partial charge in [0.15, 0.2) is 0 Å². The summed E-state index contributed by atoms with van der Waals surface area (Å²) in [5, 5.41) is 7.41. The highest BCUT2D eigenvalue weighted by Crippen LogP contribution is 2.21. The second-order valence-corrected chi connectivity index (χ2v) is 9.22. The molecule has 1 N–H and O–H groups in total. The van der Waals surface area contributed by atoms with E-state index in [1.807, 2.05) is 36.4 Å². The van der Waals surface area contributed by atoms with Gasteiger partial charge < -0.3 is 0 Å². The number of aryl methyl sites for hydroxylation is 1. The van der Waals surface area contributed by atoms with Gasteiger partial charge in [-0.2, -0.15) is 22.1 Å². The minimum Gasteiger partial charge on any atom is -0.282 e. The van der Waals surface area contributed by atoms with E-state index in [0.29, 0.717) is 25.6 Å². The zero-order chi connectivity index (χ0) is 18.6. The topological polar surface area (TPSA) is 69.3 Å². The van der Waals surface area contributed by atoms with Gasteiger partial charge in [0.05, 0.1) is 5.69 Å². The van der Waals surface area contributed by atoms with Crippen LogP contribution in [0.25, 0.3) is 11.3 Å². The Balaban J connectivity index is 1.52. The fourth-order valence-electron chi connectivity index (χ4n) is 3.41. The number of aromatic amines is 1. The van der Waals surface area contributed by atoms with Crippen molar-refractivity contribution in [1.29, 1.82) is 0 Å². The van der Waals surface area contributed by atoms with Crippen LogP contribution in [0.3, 0.4) is 0 Å². The minimum atomic E-state index is -3.35. The molecule has 0 spiro atoms. The molecule has 0 amide bonds. The smallest absolute Gasteiger partial charge is 0.281 e. The van der Waals surface area contributed by atoms with Crippen LogP contribution in [0.2, 0.25) is 0 Å². The van der Waals surface area contributed by atoms with Gasteiger partial charge in [-0.25, -0.2) is 0 Å². The van der Waals surface area contributed by atoms with Gasteiger partial charge in [0, 0.05) is 37.9 Å². The molecule has 2 aromatic rings. The first-order valence-corrected chi connectivity index (χ1v) is 10.7. The second kappa shape index (κ2) is 8.33. The van der Waals surface area contributed by atoms with Crippen LogP contribution in [0, 0.1) is 5.92 Å². The van der Waals surface area contributed by atoms with E-state index >= 15 is 0 Å². The molecule has 142 valence electrons. The number of benzene rings is 1. The van der Waals surface area contributed by atoms with Crippen molar-refractivity contribution in [2.45, 2.75) is 32.6 Å². The average molecular weight is 377 g/mol. The summed E-state index contributed by atoms with van der Waals surface area (Å²) in [7, 11) is -1.67. The van der Waals surface area contributed by atoms with Crippen LogP contribution in [-0.4, -0.2) is 53.9 Å². The highest BCUT2D eigenvalue weighted by molar-refractivity contribution is 7.86. The maximum absolute atomic E-state index is 12.7. The second-order valence-electron chi connectivity index (χ2n) is 7.18. The number of piperidine rings is 1. The van der Waals surface area contributed by atoms with Crippen molar-refractivity contribution in [3.8, 4) is 11.3 Å². The van der Waals surface area contributed by atoms with Crippen LogP contribution < -0.4 is 0 Å². The lowest BCUT2D eigenvalue weighted by Gasteiger charge is -2.33. The van der Waals surface area contributed by atoms with Gasteiger partial charge >= 0.3 is 0 Å². The molecule has 1 aromatic carbocycles. The maximum atomic E-state index is 12.7. The predicted octanol–water partition coefficient (Wildman–Crippen LogP) is 2.92. The van der Waals surface area contributed by atoms with E-state index in [9.17, 15) is 8.42 Å². The number of hydrogen-bond donors (Lipinski definition) is 1. The number of aromatic nitrogens is 2. The van der Waals surface area contributed by atoms with E-state index in [0.717, 1.165) is 42.6 Å². The Hall–Kier alpha value is -1.70. The summed E-state index contributed by atoms with van der Waals surface area (Å²) in [5.41, 5.74) is 3.03. The van der Waals surface area contributed by atoms with Crippen molar-refractivity contribution in [1.82, 2.24) is 18.8 Å². The van der Waals surface area contributed by atoms with Crippen molar-refractivity contribution in [3.63, 3.8) is 0 Å². The van der Waals surface area contributed by atoms with E-state index < -0.39 is 10.2 Å². The molecular formula is C19H28N4O2S. The van der Waals surface area contributed by atoms with Crippen molar-refractivity contribution in [2.24, 2.45) is 5.92 Å². The monoisotopic (exact) mass is 376 g/mol. The van der Waals surface area contributed by atoms with Gasteiger partial charge in [-0.3, -0.25) is 5.10 Å². The summed E-state index contributed by atoms with van der Waals surface area (Å²) in [4.78, 5) is 0. The Morgan fingerprint density at radius 2 is 2.08 bits per heavy atom. The number of nitrogens with zero attached hydrogens (tertiary/aromatic N) is 3. The third-order valence-corrected chi connectivity index (χ3v) is 6.91. The van der Waals surface area contributed by atoms with E-state index in [-0.39, 0.29) is 0 Å². The zero-order valence-corrected chi connectivity index (χ0v) is 16.4. The lowest BCUT2D eigenvalue weighted by atomic mass is 10.0. The van der Waals surface area contributed by atoms with Gasteiger partial charge in [0.2, 0.25) is 0 Å². The van der Waals surface area contributed by atoms with E-state index in [1.54, 1.807) is 11.4 Å². The van der Waals surface area contributed by atoms with Gasteiger partial charge in [-0.05, 0) is 37.7 Å². The highest BCUT2D eigenvalue weighted by Gasteiger charge is 2.30. The summed E-state index contributed by atoms with van der Waals surface area (Å²) < 4.78 is 28.5.